The summed E-state index contributed by atoms with van der Waals surface area (Å²) in [6.07, 6.45) is 6.00. The number of benzene rings is 1. The van der Waals surface area contributed by atoms with Crippen LogP contribution in [0, 0.1) is 6.92 Å². The smallest absolute Gasteiger partial charge is 0.178 e. The Labute approximate surface area is 175 Å². The fourth-order valence-corrected chi connectivity index (χ4v) is 3.82. The molecular formula is C22H25N7O. The summed E-state index contributed by atoms with van der Waals surface area (Å²) in [7, 11) is 0. The Morgan fingerprint density at radius 3 is 2.73 bits per heavy atom. The largest absolute Gasteiger partial charge is 0.491 e. The maximum absolute atomic E-state index is 6.07. The molecule has 0 saturated carbocycles. The lowest BCUT2D eigenvalue weighted by Gasteiger charge is -2.09. The Morgan fingerprint density at radius 1 is 1.10 bits per heavy atom. The minimum absolute atomic E-state index is 0.213. The molecule has 8 heteroatoms. The minimum Gasteiger partial charge on any atom is -0.491 e. The van der Waals surface area contributed by atoms with Crippen LogP contribution in [0.15, 0.2) is 36.8 Å². The molecule has 0 bridgehead atoms. The first-order valence-electron chi connectivity index (χ1n) is 10.3. The molecule has 154 valence electrons. The molecule has 0 atom stereocenters. The van der Waals surface area contributed by atoms with Crippen LogP contribution in [-0.4, -0.2) is 40.7 Å². The van der Waals surface area contributed by atoms with E-state index in [1.165, 1.54) is 0 Å². The SMILES string of the molecule is CCn1cc(-c2ccc3c(c2)OCCn2cc(-c4nc(C)nn4C(C)C)nc2-3)cn1. The molecule has 8 nitrogen and oxygen atoms in total. The van der Waals surface area contributed by atoms with Crippen molar-refractivity contribution < 1.29 is 4.74 Å². The predicted octanol–water partition coefficient (Wildman–Crippen LogP) is 3.97. The average molecular weight is 403 g/mol. The number of imidazole rings is 1. The van der Waals surface area contributed by atoms with Gasteiger partial charge in [-0.3, -0.25) is 4.68 Å². The molecule has 0 N–H and O–H groups in total. The molecule has 0 unspecified atom stereocenters. The fourth-order valence-electron chi connectivity index (χ4n) is 3.82. The topological polar surface area (TPSA) is 75.6 Å². The third-order valence-corrected chi connectivity index (χ3v) is 5.33. The second kappa shape index (κ2) is 7.12. The van der Waals surface area contributed by atoms with Crippen LogP contribution in [0.25, 0.3) is 34.0 Å². The maximum atomic E-state index is 6.07. The van der Waals surface area contributed by atoms with E-state index in [1.807, 2.05) is 22.5 Å². The third kappa shape index (κ3) is 3.08. The van der Waals surface area contributed by atoms with Crippen LogP contribution >= 0.6 is 0 Å². The highest BCUT2D eigenvalue weighted by atomic mass is 16.5. The Balaban J connectivity index is 1.58. The number of aryl methyl sites for hydroxylation is 2. The fraction of sp³-hybridized carbons (Fsp3) is 0.364. The van der Waals surface area contributed by atoms with Gasteiger partial charge in [0.25, 0.3) is 0 Å². The van der Waals surface area contributed by atoms with Gasteiger partial charge in [0.2, 0.25) is 0 Å². The summed E-state index contributed by atoms with van der Waals surface area (Å²) < 4.78 is 12.1. The lowest BCUT2D eigenvalue weighted by molar-refractivity contribution is 0.307. The molecule has 0 spiro atoms. The summed E-state index contributed by atoms with van der Waals surface area (Å²) >= 11 is 0. The van der Waals surface area contributed by atoms with Crippen LogP contribution in [0.1, 0.15) is 32.6 Å². The summed E-state index contributed by atoms with van der Waals surface area (Å²) in [6.45, 7) is 10.4. The van der Waals surface area contributed by atoms with Crippen LogP contribution in [0.3, 0.4) is 0 Å². The average Bonchev–Trinajstić information content (AvgIpc) is 3.44. The van der Waals surface area contributed by atoms with Crippen LogP contribution in [0.2, 0.25) is 0 Å². The van der Waals surface area contributed by atoms with Gasteiger partial charge in [-0.25, -0.2) is 14.6 Å². The number of ether oxygens (including phenoxy) is 1. The molecule has 0 fully saturated rings. The van der Waals surface area contributed by atoms with E-state index in [2.05, 4.69) is 71.1 Å². The van der Waals surface area contributed by atoms with Crippen molar-refractivity contribution in [3.8, 4) is 39.8 Å². The van der Waals surface area contributed by atoms with E-state index in [4.69, 9.17) is 9.72 Å². The summed E-state index contributed by atoms with van der Waals surface area (Å²) in [5.74, 6) is 3.29. The normalized spacial score (nSPS) is 13.1. The summed E-state index contributed by atoms with van der Waals surface area (Å²) in [4.78, 5) is 9.57. The van der Waals surface area contributed by atoms with Crippen molar-refractivity contribution in [1.82, 2.24) is 34.1 Å². The van der Waals surface area contributed by atoms with Crippen LogP contribution < -0.4 is 4.74 Å². The lowest BCUT2D eigenvalue weighted by atomic mass is 10.1. The van der Waals surface area contributed by atoms with Gasteiger partial charge in [-0.05, 0) is 45.4 Å². The molecule has 4 heterocycles. The van der Waals surface area contributed by atoms with Gasteiger partial charge >= 0.3 is 0 Å². The number of hydrogen-bond acceptors (Lipinski definition) is 5. The van der Waals surface area contributed by atoms with Gasteiger partial charge in [0.15, 0.2) is 5.82 Å². The van der Waals surface area contributed by atoms with Gasteiger partial charge in [0.1, 0.15) is 29.7 Å². The first kappa shape index (κ1) is 18.6. The van der Waals surface area contributed by atoms with E-state index in [0.717, 1.165) is 58.7 Å². The van der Waals surface area contributed by atoms with Crippen LogP contribution in [0.5, 0.6) is 5.75 Å². The van der Waals surface area contributed by atoms with Crippen LogP contribution in [-0.2, 0) is 13.1 Å². The van der Waals surface area contributed by atoms with Gasteiger partial charge in [0.05, 0.1) is 18.3 Å². The summed E-state index contributed by atoms with van der Waals surface area (Å²) in [5.41, 5.74) is 3.99. The van der Waals surface area contributed by atoms with Gasteiger partial charge in [0, 0.05) is 30.5 Å². The predicted molar refractivity (Wildman–Crippen MR) is 114 cm³/mol. The zero-order chi connectivity index (χ0) is 20.8. The standard InChI is InChI=1S/C22H25N7O/c1-5-28-12-17(11-23-28)16-6-7-18-20(10-16)30-9-8-27-13-19(25-21(18)27)22-24-15(4)26-29(22)14(2)3/h6-7,10-14H,5,8-9H2,1-4H3. The Bertz CT molecular complexity index is 1210. The molecule has 0 radical (unpaired) electrons. The van der Waals surface area contributed by atoms with Crippen molar-refractivity contribution in [3.63, 3.8) is 0 Å². The quantitative estimate of drug-likeness (QED) is 0.515. The Kier molecular flexibility index (Phi) is 4.42. The highest BCUT2D eigenvalue weighted by molar-refractivity contribution is 5.74. The van der Waals surface area contributed by atoms with Crippen LogP contribution in [0.4, 0.5) is 0 Å². The second-order valence-corrected chi connectivity index (χ2v) is 7.81. The number of rotatable bonds is 4. The summed E-state index contributed by atoms with van der Waals surface area (Å²) in [6, 6.07) is 6.48. The molecule has 5 rings (SSSR count). The molecule has 0 aliphatic carbocycles. The molecule has 30 heavy (non-hydrogen) atoms. The Morgan fingerprint density at radius 2 is 1.97 bits per heavy atom. The van der Waals surface area contributed by atoms with E-state index >= 15 is 0 Å². The summed E-state index contributed by atoms with van der Waals surface area (Å²) in [5, 5.41) is 8.92. The van der Waals surface area contributed by atoms with Gasteiger partial charge in [-0.15, -0.1) is 0 Å². The number of aromatic nitrogens is 7. The molecule has 3 aromatic heterocycles. The van der Waals surface area contributed by atoms with E-state index < -0.39 is 0 Å². The van der Waals surface area contributed by atoms with E-state index in [-0.39, 0.29) is 6.04 Å². The first-order chi connectivity index (χ1) is 14.5. The number of fused-ring (bicyclic) bond motifs is 3. The second-order valence-electron chi connectivity index (χ2n) is 7.81. The zero-order valence-electron chi connectivity index (χ0n) is 17.7. The van der Waals surface area contributed by atoms with Crippen molar-refractivity contribution in [2.75, 3.05) is 6.61 Å². The molecule has 4 aromatic rings. The third-order valence-electron chi connectivity index (χ3n) is 5.33. The van der Waals surface area contributed by atoms with Gasteiger partial charge in [-0.1, -0.05) is 6.07 Å². The molecule has 1 aliphatic rings. The molecular weight excluding hydrogens is 378 g/mol. The van der Waals surface area contributed by atoms with Gasteiger partial charge < -0.3 is 9.30 Å². The first-order valence-corrected chi connectivity index (χ1v) is 10.3. The molecule has 1 aromatic carbocycles. The van der Waals surface area contributed by atoms with Crippen molar-refractivity contribution in [2.45, 2.75) is 46.8 Å². The highest BCUT2D eigenvalue weighted by Gasteiger charge is 2.22. The maximum Gasteiger partial charge on any atom is 0.178 e. The highest BCUT2D eigenvalue weighted by Crippen LogP contribution is 2.36. The minimum atomic E-state index is 0.213. The number of nitrogens with zero attached hydrogens (tertiary/aromatic N) is 7. The zero-order valence-corrected chi connectivity index (χ0v) is 17.7. The van der Waals surface area contributed by atoms with E-state index in [0.29, 0.717) is 6.61 Å². The van der Waals surface area contributed by atoms with Gasteiger partial charge in [-0.2, -0.15) is 10.2 Å². The monoisotopic (exact) mass is 403 g/mol. The van der Waals surface area contributed by atoms with E-state index in [1.54, 1.807) is 0 Å². The molecule has 1 aliphatic heterocycles. The van der Waals surface area contributed by atoms with Crippen molar-refractivity contribution >= 4 is 0 Å². The lowest BCUT2D eigenvalue weighted by Crippen LogP contribution is -2.06. The molecule has 0 amide bonds. The van der Waals surface area contributed by atoms with E-state index in [9.17, 15) is 0 Å². The molecule has 0 saturated heterocycles. The Hall–Kier alpha value is -3.42. The van der Waals surface area contributed by atoms with Crippen molar-refractivity contribution in [1.29, 1.82) is 0 Å². The van der Waals surface area contributed by atoms with Crippen molar-refractivity contribution in [2.24, 2.45) is 0 Å². The van der Waals surface area contributed by atoms with Crippen molar-refractivity contribution in [3.05, 3.63) is 42.6 Å². The number of hydrogen-bond donors (Lipinski definition) is 0.